The van der Waals surface area contributed by atoms with Crippen molar-refractivity contribution in [2.24, 2.45) is 5.73 Å². The molecule has 0 unspecified atom stereocenters. The molecule has 0 saturated carbocycles. The van der Waals surface area contributed by atoms with Gasteiger partial charge in [-0.05, 0) is 11.6 Å². The highest BCUT2D eigenvalue weighted by Gasteiger charge is 2.26. The van der Waals surface area contributed by atoms with Gasteiger partial charge >= 0.3 is 6.18 Å². The number of aryl methyl sites for hydroxylation is 1. The minimum atomic E-state index is -4.13. The smallest absolute Gasteiger partial charge is 0.347 e. The fraction of sp³-hybridized carbons (Fsp3) is 0.333. The zero-order valence-corrected chi connectivity index (χ0v) is 9.17. The molecule has 2 nitrogen and oxygen atoms in total. The fourth-order valence-corrected chi connectivity index (χ4v) is 1.92. The molecule has 17 heavy (non-hydrogen) atoms. The van der Waals surface area contributed by atoms with Crippen LogP contribution in [0.2, 0.25) is 0 Å². The number of alkyl halides is 3. The molecule has 0 aliphatic rings. The summed E-state index contributed by atoms with van der Waals surface area (Å²) in [7, 11) is 0. The van der Waals surface area contributed by atoms with Crippen LogP contribution in [0.4, 0.5) is 13.2 Å². The second kappa shape index (κ2) is 4.41. The van der Waals surface area contributed by atoms with Crippen molar-refractivity contribution >= 4 is 10.9 Å². The van der Waals surface area contributed by atoms with E-state index in [2.05, 4.69) is 0 Å². The van der Waals surface area contributed by atoms with Crippen LogP contribution in [0.15, 0.2) is 30.5 Å². The van der Waals surface area contributed by atoms with Gasteiger partial charge in [-0.1, -0.05) is 18.2 Å². The molecule has 0 atom stereocenters. The molecule has 2 aromatic rings. The van der Waals surface area contributed by atoms with Crippen molar-refractivity contribution in [3.05, 3.63) is 36.0 Å². The first kappa shape index (κ1) is 12.0. The molecule has 92 valence electrons. The molecule has 0 radical (unpaired) electrons. The van der Waals surface area contributed by atoms with Crippen molar-refractivity contribution < 1.29 is 13.2 Å². The van der Waals surface area contributed by atoms with Gasteiger partial charge in [-0.15, -0.1) is 0 Å². The lowest BCUT2D eigenvalue weighted by Gasteiger charge is -2.08. The van der Waals surface area contributed by atoms with Gasteiger partial charge in [0, 0.05) is 30.2 Å². The predicted molar refractivity (Wildman–Crippen MR) is 60.5 cm³/mol. The van der Waals surface area contributed by atoms with Gasteiger partial charge in [0.2, 0.25) is 0 Å². The van der Waals surface area contributed by atoms with Crippen LogP contribution in [-0.2, 0) is 13.1 Å². The summed E-state index contributed by atoms with van der Waals surface area (Å²) in [6.45, 7) is 0.267. The molecule has 2 rings (SSSR count). The zero-order chi connectivity index (χ0) is 12.5. The van der Waals surface area contributed by atoms with Crippen molar-refractivity contribution in [2.75, 3.05) is 0 Å². The van der Waals surface area contributed by atoms with E-state index in [-0.39, 0.29) is 6.54 Å². The topological polar surface area (TPSA) is 30.9 Å². The summed E-state index contributed by atoms with van der Waals surface area (Å²) < 4.78 is 38.2. The number of fused-ring (bicyclic) bond motifs is 1. The third kappa shape index (κ3) is 2.61. The molecule has 1 aromatic heterocycles. The number of nitrogens with two attached hydrogens (primary N) is 1. The zero-order valence-electron chi connectivity index (χ0n) is 9.17. The van der Waals surface area contributed by atoms with E-state index in [4.69, 9.17) is 5.73 Å². The summed E-state index contributed by atoms with van der Waals surface area (Å²) in [6.07, 6.45) is -3.25. The van der Waals surface area contributed by atoms with Crippen molar-refractivity contribution in [2.45, 2.75) is 25.7 Å². The molecule has 0 saturated heterocycles. The summed E-state index contributed by atoms with van der Waals surface area (Å²) in [5.41, 5.74) is 7.26. The van der Waals surface area contributed by atoms with Gasteiger partial charge in [0.25, 0.3) is 0 Å². The lowest BCUT2D eigenvalue weighted by molar-refractivity contribution is -0.136. The first-order valence-electron chi connectivity index (χ1n) is 5.35. The SMILES string of the molecule is NCc1cn(CCC(F)(F)F)c2ccccc12. The van der Waals surface area contributed by atoms with Gasteiger partial charge < -0.3 is 10.3 Å². The van der Waals surface area contributed by atoms with Crippen molar-refractivity contribution in [3.63, 3.8) is 0 Å². The third-order valence-corrected chi connectivity index (χ3v) is 2.73. The van der Waals surface area contributed by atoms with Gasteiger partial charge in [-0.2, -0.15) is 13.2 Å². The maximum Gasteiger partial charge on any atom is 0.390 e. The van der Waals surface area contributed by atoms with Gasteiger partial charge in [-0.3, -0.25) is 0 Å². The fourth-order valence-electron chi connectivity index (χ4n) is 1.92. The Morgan fingerprint density at radius 3 is 2.53 bits per heavy atom. The number of aromatic nitrogens is 1. The highest BCUT2D eigenvalue weighted by molar-refractivity contribution is 5.83. The first-order chi connectivity index (χ1) is 8.01. The lowest BCUT2D eigenvalue weighted by atomic mass is 10.2. The quantitative estimate of drug-likeness (QED) is 0.881. The van der Waals surface area contributed by atoms with Crippen LogP contribution < -0.4 is 5.73 Å². The average molecular weight is 242 g/mol. The normalized spacial score (nSPS) is 12.2. The Morgan fingerprint density at radius 2 is 1.88 bits per heavy atom. The van der Waals surface area contributed by atoms with E-state index in [1.807, 2.05) is 24.3 Å². The average Bonchev–Trinajstić information content (AvgIpc) is 2.64. The van der Waals surface area contributed by atoms with E-state index in [1.54, 1.807) is 10.8 Å². The molecule has 0 fully saturated rings. The molecule has 2 N–H and O–H groups in total. The number of hydrogen-bond donors (Lipinski definition) is 1. The Bertz CT molecular complexity index is 514. The van der Waals surface area contributed by atoms with Gasteiger partial charge in [0.1, 0.15) is 0 Å². The van der Waals surface area contributed by atoms with Crippen LogP contribution in [0, 0.1) is 0 Å². The van der Waals surface area contributed by atoms with Crippen LogP contribution in [0.25, 0.3) is 10.9 Å². The summed E-state index contributed by atoms with van der Waals surface area (Å²) in [5, 5.41) is 0.928. The third-order valence-electron chi connectivity index (χ3n) is 2.73. The molecule has 0 bridgehead atoms. The Hall–Kier alpha value is -1.49. The standard InChI is InChI=1S/C12H13F3N2/c13-12(14,15)5-6-17-8-9(7-16)10-3-1-2-4-11(10)17/h1-4,8H,5-7,16H2. The first-order valence-corrected chi connectivity index (χ1v) is 5.35. The number of halogens is 3. The molecule has 1 aromatic carbocycles. The maximum atomic E-state index is 12.2. The Balaban J connectivity index is 2.34. The number of hydrogen-bond acceptors (Lipinski definition) is 1. The molecular weight excluding hydrogens is 229 g/mol. The van der Waals surface area contributed by atoms with Crippen LogP contribution in [0.5, 0.6) is 0 Å². The van der Waals surface area contributed by atoms with E-state index < -0.39 is 12.6 Å². The van der Waals surface area contributed by atoms with Crippen LogP contribution in [0.1, 0.15) is 12.0 Å². The highest BCUT2D eigenvalue weighted by atomic mass is 19.4. The number of benzene rings is 1. The lowest BCUT2D eigenvalue weighted by Crippen LogP contribution is -2.11. The van der Waals surface area contributed by atoms with E-state index in [0.717, 1.165) is 16.5 Å². The molecule has 0 spiro atoms. The molecule has 5 heteroatoms. The molecular formula is C12H13F3N2. The molecule has 0 amide bonds. The summed E-state index contributed by atoms with van der Waals surface area (Å²) in [4.78, 5) is 0. The predicted octanol–water partition coefficient (Wildman–Crippen LogP) is 3.05. The second-order valence-electron chi connectivity index (χ2n) is 3.93. The summed E-state index contributed by atoms with van der Waals surface area (Å²) >= 11 is 0. The summed E-state index contributed by atoms with van der Waals surface area (Å²) in [5.74, 6) is 0. The minimum Gasteiger partial charge on any atom is -0.347 e. The number of nitrogens with zero attached hydrogens (tertiary/aromatic N) is 1. The maximum absolute atomic E-state index is 12.2. The van der Waals surface area contributed by atoms with Gasteiger partial charge in [0.15, 0.2) is 0 Å². The largest absolute Gasteiger partial charge is 0.390 e. The van der Waals surface area contributed by atoms with Crippen LogP contribution >= 0.6 is 0 Å². The Kier molecular flexibility index (Phi) is 3.11. The van der Waals surface area contributed by atoms with Crippen LogP contribution in [0.3, 0.4) is 0 Å². The minimum absolute atomic E-state index is 0.0655. The van der Waals surface area contributed by atoms with Crippen molar-refractivity contribution in [3.8, 4) is 0 Å². The Labute approximate surface area is 96.8 Å². The molecule has 0 aliphatic carbocycles. The second-order valence-corrected chi connectivity index (χ2v) is 3.93. The number of para-hydroxylation sites is 1. The van der Waals surface area contributed by atoms with E-state index in [9.17, 15) is 13.2 Å². The van der Waals surface area contributed by atoms with Crippen LogP contribution in [-0.4, -0.2) is 10.7 Å². The molecule has 0 aliphatic heterocycles. The molecule has 1 heterocycles. The Morgan fingerprint density at radius 1 is 1.18 bits per heavy atom. The van der Waals surface area contributed by atoms with E-state index in [0.29, 0.717) is 6.54 Å². The van der Waals surface area contributed by atoms with Gasteiger partial charge in [-0.25, -0.2) is 0 Å². The van der Waals surface area contributed by atoms with Gasteiger partial charge in [0.05, 0.1) is 6.42 Å². The van der Waals surface area contributed by atoms with Crippen molar-refractivity contribution in [1.82, 2.24) is 4.57 Å². The van der Waals surface area contributed by atoms with E-state index >= 15 is 0 Å². The van der Waals surface area contributed by atoms with Crippen molar-refractivity contribution in [1.29, 1.82) is 0 Å². The summed E-state index contributed by atoms with van der Waals surface area (Å²) in [6, 6.07) is 7.36. The monoisotopic (exact) mass is 242 g/mol. The van der Waals surface area contributed by atoms with E-state index in [1.165, 1.54) is 0 Å². The highest BCUT2D eigenvalue weighted by Crippen LogP contribution is 2.25. The number of rotatable bonds is 3.